The van der Waals surface area contributed by atoms with Crippen LogP contribution in [0.2, 0.25) is 0 Å². The van der Waals surface area contributed by atoms with Gasteiger partial charge in [0.05, 0.1) is 5.69 Å². The molecule has 0 unspecified atom stereocenters. The van der Waals surface area contributed by atoms with Crippen molar-refractivity contribution in [2.24, 2.45) is 7.05 Å². The quantitative estimate of drug-likeness (QED) is 0.757. The van der Waals surface area contributed by atoms with Crippen LogP contribution in [0.15, 0.2) is 48.7 Å². The van der Waals surface area contributed by atoms with Gasteiger partial charge in [0, 0.05) is 31.4 Å². The van der Waals surface area contributed by atoms with Gasteiger partial charge in [-0.1, -0.05) is 31.7 Å². The van der Waals surface area contributed by atoms with Gasteiger partial charge >= 0.3 is 0 Å². The molecule has 0 amide bonds. The molecule has 0 aliphatic rings. The van der Waals surface area contributed by atoms with Gasteiger partial charge in [0.2, 0.25) is 0 Å². The van der Waals surface area contributed by atoms with Crippen LogP contribution < -0.4 is 10.1 Å². The van der Waals surface area contributed by atoms with Gasteiger partial charge in [-0.25, -0.2) is 0 Å². The number of aryl methyl sites for hydroxylation is 1. The van der Waals surface area contributed by atoms with E-state index in [9.17, 15) is 0 Å². The fraction of sp³-hybridized carbons (Fsp3) is 0.389. The fourth-order valence-corrected chi connectivity index (χ4v) is 2.41. The topological polar surface area (TPSA) is 39.1 Å². The molecule has 4 heteroatoms. The molecule has 118 valence electrons. The number of hydrogen-bond donors (Lipinski definition) is 1. The zero-order valence-electron chi connectivity index (χ0n) is 13.7. The largest absolute Gasteiger partial charge is 0.489 e. The second-order valence-corrected chi connectivity index (χ2v) is 5.57. The van der Waals surface area contributed by atoms with Crippen LogP contribution in [-0.4, -0.2) is 16.4 Å². The molecular weight excluding hydrogens is 274 g/mol. The Labute approximate surface area is 132 Å². The van der Waals surface area contributed by atoms with Crippen LogP contribution in [0, 0.1) is 0 Å². The van der Waals surface area contributed by atoms with Gasteiger partial charge in [0.1, 0.15) is 12.4 Å². The van der Waals surface area contributed by atoms with Gasteiger partial charge < -0.3 is 10.1 Å². The Kier molecular flexibility index (Phi) is 5.78. The summed E-state index contributed by atoms with van der Waals surface area (Å²) >= 11 is 0. The van der Waals surface area contributed by atoms with E-state index in [1.54, 1.807) is 0 Å². The van der Waals surface area contributed by atoms with Gasteiger partial charge in [-0.2, -0.15) is 5.10 Å². The Morgan fingerprint density at radius 1 is 1.36 bits per heavy atom. The summed E-state index contributed by atoms with van der Waals surface area (Å²) in [5, 5.41) is 7.84. The number of nitrogens with zero attached hydrogens (tertiary/aromatic N) is 2. The number of benzene rings is 1. The van der Waals surface area contributed by atoms with E-state index in [0.29, 0.717) is 6.61 Å². The highest BCUT2D eigenvalue weighted by Gasteiger charge is 2.13. The molecule has 1 atom stereocenters. The van der Waals surface area contributed by atoms with E-state index >= 15 is 0 Å². The van der Waals surface area contributed by atoms with E-state index in [0.717, 1.165) is 29.9 Å². The first kappa shape index (κ1) is 16.3. The predicted octanol–water partition coefficient (Wildman–Crippen LogP) is 3.62. The predicted molar refractivity (Wildman–Crippen MR) is 89.8 cm³/mol. The van der Waals surface area contributed by atoms with Gasteiger partial charge in [0.15, 0.2) is 0 Å². The van der Waals surface area contributed by atoms with Crippen molar-refractivity contribution in [2.75, 3.05) is 6.61 Å². The molecule has 1 heterocycles. The highest BCUT2D eigenvalue weighted by atomic mass is 16.5. The molecule has 0 saturated carbocycles. The van der Waals surface area contributed by atoms with Crippen molar-refractivity contribution < 1.29 is 4.74 Å². The molecular formula is C18H25N3O. The Bertz CT molecular complexity index is 618. The SMILES string of the molecule is C=C(C)COc1ccccc1CN[C@H](CC)c1ccnn1C. The Hall–Kier alpha value is -2.07. The van der Waals surface area contributed by atoms with Crippen molar-refractivity contribution in [3.8, 4) is 5.75 Å². The van der Waals surface area contributed by atoms with E-state index < -0.39 is 0 Å². The van der Waals surface area contributed by atoms with Crippen molar-refractivity contribution in [1.82, 2.24) is 15.1 Å². The molecule has 0 bridgehead atoms. The molecule has 0 fully saturated rings. The summed E-state index contributed by atoms with van der Waals surface area (Å²) in [6.45, 7) is 9.34. The summed E-state index contributed by atoms with van der Waals surface area (Å²) in [6.07, 6.45) is 2.85. The van der Waals surface area contributed by atoms with E-state index in [-0.39, 0.29) is 6.04 Å². The maximum absolute atomic E-state index is 5.82. The molecule has 1 N–H and O–H groups in total. The summed E-state index contributed by atoms with van der Waals surface area (Å²) in [6, 6.07) is 10.5. The molecule has 0 saturated heterocycles. The molecule has 0 aliphatic heterocycles. The molecule has 0 radical (unpaired) electrons. The summed E-state index contributed by atoms with van der Waals surface area (Å²) in [4.78, 5) is 0. The normalized spacial score (nSPS) is 12.1. The molecule has 1 aromatic carbocycles. The number of rotatable bonds is 8. The zero-order valence-corrected chi connectivity index (χ0v) is 13.7. The van der Waals surface area contributed by atoms with Crippen LogP contribution >= 0.6 is 0 Å². The van der Waals surface area contributed by atoms with Crippen molar-refractivity contribution in [3.05, 3.63) is 59.9 Å². The first-order valence-corrected chi connectivity index (χ1v) is 7.68. The smallest absolute Gasteiger partial charge is 0.124 e. The molecule has 4 nitrogen and oxygen atoms in total. The van der Waals surface area contributed by atoms with Crippen LogP contribution in [-0.2, 0) is 13.6 Å². The van der Waals surface area contributed by atoms with Crippen LogP contribution in [0.3, 0.4) is 0 Å². The summed E-state index contributed by atoms with van der Waals surface area (Å²) in [5.41, 5.74) is 3.37. The first-order chi connectivity index (χ1) is 10.6. The average Bonchev–Trinajstić information content (AvgIpc) is 2.93. The minimum absolute atomic E-state index is 0.279. The highest BCUT2D eigenvalue weighted by molar-refractivity contribution is 5.33. The van der Waals surface area contributed by atoms with E-state index in [1.165, 1.54) is 5.69 Å². The number of ether oxygens (including phenoxy) is 1. The zero-order chi connectivity index (χ0) is 15.9. The van der Waals surface area contributed by atoms with Crippen molar-refractivity contribution >= 4 is 0 Å². The van der Waals surface area contributed by atoms with Gasteiger partial charge in [-0.15, -0.1) is 0 Å². The minimum Gasteiger partial charge on any atom is -0.489 e. The van der Waals surface area contributed by atoms with Crippen molar-refractivity contribution in [2.45, 2.75) is 32.9 Å². The highest BCUT2D eigenvalue weighted by Crippen LogP contribution is 2.21. The Balaban J connectivity index is 2.04. The lowest BCUT2D eigenvalue weighted by molar-refractivity contribution is 0.346. The van der Waals surface area contributed by atoms with Crippen molar-refractivity contribution in [3.63, 3.8) is 0 Å². The molecule has 0 aliphatic carbocycles. The van der Waals surface area contributed by atoms with Crippen LogP contribution in [0.5, 0.6) is 5.75 Å². The van der Waals surface area contributed by atoms with E-state index in [2.05, 4.69) is 36.1 Å². The lowest BCUT2D eigenvalue weighted by atomic mass is 10.1. The first-order valence-electron chi connectivity index (χ1n) is 7.68. The van der Waals surface area contributed by atoms with E-state index in [4.69, 9.17) is 4.74 Å². The molecule has 0 spiro atoms. The maximum Gasteiger partial charge on any atom is 0.124 e. The second-order valence-electron chi connectivity index (χ2n) is 5.57. The van der Waals surface area contributed by atoms with Crippen LogP contribution in [0.4, 0.5) is 0 Å². The summed E-state index contributed by atoms with van der Waals surface area (Å²) < 4.78 is 7.74. The lowest BCUT2D eigenvalue weighted by Gasteiger charge is -2.19. The molecule has 1 aromatic heterocycles. The maximum atomic E-state index is 5.82. The monoisotopic (exact) mass is 299 g/mol. The standard InChI is InChI=1S/C18H25N3O/c1-5-16(17-10-11-20-21(17)4)19-12-15-8-6-7-9-18(15)22-13-14(2)3/h6-11,16,19H,2,5,12-13H2,1,3-4H3/t16-/m1/s1. The third-order valence-corrected chi connectivity index (χ3v) is 3.61. The number of nitrogens with one attached hydrogen (secondary N) is 1. The van der Waals surface area contributed by atoms with Crippen molar-refractivity contribution in [1.29, 1.82) is 0 Å². The van der Waals surface area contributed by atoms with Gasteiger partial charge in [-0.3, -0.25) is 4.68 Å². The second kappa shape index (κ2) is 7.80. The van der Waals surface area contributed by atoms with Gasteiger partial charge in [0.25, 0.3) is 0 Å². The number of para-hydroxylation sites is 1. The number of aromatic nitrogens is 2. The Morgan fingerprint density at radius 2 is 2.14 bits per heavy atom. The van der Waals surface area contributed by atoms with Crippen LogP contribution in [0.25, 0.3) is 0 Å². The Morgan fingerprint density at radius 3 is 2.77 bits per heavy atom. The fourth-order valence-electron chi connectivity index (χ4n) is 2.41. The van der Waals surface area contributed by atoms with Gasteiger partial charge in [-0.05, 0) is 31.1 Å². The van der Waals surface area contributed by atoms with E-state index in [1.807, 2.05) is 43.0 Å². The molecule has 2 rings (SSSR count). The third-order valence-electron chi connectivity index (χ3n) is 3.61. The van der Waals surface area contributed by atoms with Crippen LogP contribution in [0.1, 0.15) is 37.6 Å². The summed E-state index contributed by atoms with van der Waals surface area (Å²) in [5.74, 6) is 0.915. The molecule has 2 aromatic rings. The minimum atomic E-state index is 0.279. The summed E-state index contributed by atoms with van der Waals surface area (Å²) in [7, 11) is 1.98. The lowest BCUT2D eigenvalue weighted by Crippen LogP contribution is -2.23. The molecule has 22 heavy (non-hydrogen) atoms. The average molecular weight is 299 g/mol. The third kappa shape index (κ3) is 4.21. The number of hydrogen-bond acceptors (Lipinski definition) is 3.